The molecule has 0 radical (unpaired) electrons. The van der Waals surface area contributed by atoms with Crippen LogP contribution in [0, 0.1) is 0 Å². The van der Waals surface area contributed by atoms with Gasteiger partial charge in [-0.3, -0.25) is 0 Å². The van der Waals surface area contributed by atoms with Crippen LogP contribution in [0.25, 0.3) is 80.4 Å². The van der Waals surface area contributed by atoms with Gasteiger partial charge in [0.15, 0.2) is 0 Å². The molecule has 0 N–H and O–H groups in total. The Balaban J connectivity index is 1.18. The van der Waals surface area contributed by atoms with Crippen molar-refractivity contribution in [3.63, 3.8) is 0 Å². The Kier molecular flexibility index (Phi) is 5.83. The van der Waals surface area contributed by atoms with Gasteiger partial charge in [0.2, 0.25) is 0 Å². The molecule has 0 bridgehead atoms. The third-order valence-electron chi connectivity index (χ3n) is 10.1. The summed E-state index contributed by atoms with van der Waals surface area (Å²) >= 11 is 1.85. The zero-order chi connectivity index (χ0) is 32.8. The lowest BCUT2D eigenvalue weighted by molar-refractivity contribution is 0.669. The Morgan fingerprint density at radius 3 is 1.86 bits per heavy atom. The van der Waals surface area contributed by atoms with Crippen LogP contribution >= 0.6 is 11.3 Å². The first kappa shape index (κ1) is 27.6. The molecule has 0 fully saturated rings. The molecular weight excluding hydrogens is 629 g/mol. The van der Waals surface area contributed by atoms with Gasteiger partial charge < -0.3 is 13.9 Å². The van der Waals surface area contributed by atoms with Crippen molar-refractivity contribution in [2.24, 2.45) is 0 Å². The van der Waals surface area contributed by atoms with Crippen LogP contribution in [0.5, 0.6) is 0 Å². The van der Waals surface area contributed by atoms with E-state index in [4.69, 9.17) is 4.42 Å². The first-order chi connectivity index (χ1) is 24.8. The molecule has 0 spiro atoms. The first-order valence-corrected chi connectivity index (χ1v) is 17.7. The van der Waals surface area contributed by atoms with Gasteiger partial charge in [-0.2, -0.15) is 0 Å². The molecule has 0 saturated heterocycles. The van der Waals surface area contributed by atoms with Crippen molar-refractivity contribution < 1.29 is 4.42 Å². The average molecular weight is 657 g/mol. The van der Waals surface area contributed by atoms with Crippen molar-refractivity contribution in [3.8, 4) is 5.69 Å². The summed E-state index contributed by atoms with van der Waals surface area (Å²) in [5.74, 6) is 0. The summed E-state index contributed by atoms with van der Waals surface area (Å²) in [6.45, 7) is 0. The number of nitrogens with zero attached hydrogens (tertiary/aromatic N) is 2. The SMILES string of the molecule is c1ccc(-n2c3ccccc3c3cc(N(c4ccc5oc6cc7ccccc7cc6c5c4)c4ccc5sc6ccccc6c5c4)ccc32)cc1. The van der Waals surface area contributed by atoms with E-state index in [1.807, 2.05) is 11.3 Å². The molecule has 234 valence electrons. The van der Waals surface area contributed by atoms with Gasteiger partial charge in [0.05, 0.1) is 11.0 Å². The van der Waals surface area contributed by atoms with Gasteiger partial charge in [0, 0.05) is 64.5 Å². The topological polar surface area (TPSA) is 21.3 Å². The summed E-state index contributed by atoms with van der Waals surface area (Å²) in [7, 11) is 0. The highest BCUT2D eigenvalue weighted by molar-refractivity contribution is 7.25. The van der Waals surface area contributed by atoms with Gasteiger partial charge in [-0.15, -0.1) is 11.3 Å². The molecule has 11 aromatic rings. The molecule has 0 amide bonds. The van der Waals surface area contributed by atoms with Crippen molar-refractivity contribution in [2.45, 2.75) is 0 Å². The zero-order valence-corrected chi connectivity index (χ0v) is 27.7. The Morgan fingerprint density at radius 1 is 0.400 bits per heavy atom. The van der Waals surface area contributed by atoms with Crippen LogP contribution in [0.4, 0.5) is 17.1 Å². The van der Waals surface area contributed by atoms with Gasteiger partial charge in [0.1, 0.15) is 11.2 Å². The largest absolute Gasteiger partial charge is 0.456 e. The molecule has 0 saturated carbocycles. The van der Waals surface area contributed by atoms with Crippen molar-refractivity contribution in [2.75, 3.05) is 4.90 Å². The molecule has 4 heteroatoms. The highest BCUT2D eigenvalue weighted by Crippen LogP contribution is 2.44. The number of furan rings is 1. The Hall–Kier alpha value is -6.36. The lowest BCUT2D eigenvalue weighted by Gasteiger charge is -2.26. The van der Waals surface area contributed by atoms with Crippen LogP contribution in [0.1, 0.15) is 0 Å². The van der Waals surface area contributed by atoms with Gasteiger partial charge >= 0.3 is 0 Å². The van der Waals surface area contributed by atoms with E-state index in [-0.39, 0.29) is 0 Å². The van der Waals surface area contributed by atoms with Crippen LogP contribution in [0.3, 0.4) is 0 Å². The lowest BCUT2D eigenvalue weighted by Crippen LogP contribution is -2.09. The lowest BCUT2D eigenvalue weighted by atomic mass is 10.0. The molecule has 11 rings (SSSR count). The maximum atomic E-state index is 6.43. The molecule has 0 atom stereocenters. The molecular formula is C46H28N2OS. The number of rotatable bonds is 4. The quantitative estimate of drug-likeness (QED) is 0.188. The normalized spacial score (nSPS) is 12.0. The number of hydrogen-bond donors (Lipinski definition) is 0. The van der Waals surface area contributed by atoms with E-state index < -0.39 is 0 Å². The predicted molar refractivity (Wildman–Crippen MR) is 213 cm³/mol. The summed E-state index contributed by atoms with van der Waals surface area (Å²) in [5.41, 5.74) is 8.63. The van der Waals surface area contributed by atoms with E-state index in [0.717, 1.165) is 44.7 Å². The minimum Gasteiger partial charge on any atom is -0.456 e. The molecule has 3 heterocycles. The number of benzene rings is 8. The van der Waals surface area contributed by atoms with E-state index in [1.54, 1.807) is 0 Å². The number of fused-ring (bicyclic) bond motifs is 10. The zero-order valence-electron chi connectivity index (χ0n) is 26.9. The predicted octanol–water partition coefficient (Wildman–Crippen LogP) is 13.7. The second-order valence-electron chi connectivity index (χ2n) is 13.0. The number of thiophene rings is 1. The fourth-order valence-corrected chi connectivity index (χ4v) is 8.93. The number of anilines is 3. The fraction of sp³-hybridized carbons (Fsp3) is 0. The summed E-state index contributed by atoms with van der Waals surface area (Å²) in [6, 6.07) is 61.4. The first-order valence-electron chi connectivity index (χ1n) is 16.9. The monoisotopic (exact) mass is 656 g/mol. The molecule has 50 heavy (non-hydrogen) atoms. The second kappa shape index (κ2) is 10.6. The Bertz CT molecular complexity index is 3110. The van der Waals surface area contributed by atoms with Crippen LogP contribution < -0.4 is 4.90 Å². The van der Waals surface area contributed by atoms with E-state index in [0.29, 0.717) is 0 Å². The van der Waals surface area contributed by atoms with Crippen LogP contribution in [-0.4, -0.2) is 4.57 Å². The third-order valence-corrected chi connectivity index (χ3v) is 11.3. The second-order valence-corrected chi connectivity index (χ2v) is 14.1. The highest BCUT2D eigenvalue weighted by atomic mass is 32.1. The van der Waals surface area contributed by atoms with Crippen LogP contribution in [-0.2, 0) is 0 Å². The van der Waals surface area contributed by atoms with E-state index in [1.165, 1.54) is 52.8 Å². The number of para-hydroxylation sites is 2. The summed E-state index contributed by atoms with van der Waals surface area (Å²) < 4.78 is 11.4. The molecule has 0 unspecified atom stereocenters. The standard InChI is InChI=1S/C46H28N2OS/c1-2-12-31(13-3-1)48-41-16-8-6-14-35(41)37-26-32(18-21-42(37)48)47(34-20-23-46-40(28-34)36-15-7-9-17-45(36)50-46)33-19-22-43-39(27-33)38-24-29-10-4-5-11-30(29)25-44(38)49-43/h1-28H. The number of aromatic nitrogens is 1. The summed E-state index contributed by atoms with van der Waals surface area (Å²) in [6.07, 6.45) is 0. The Morgan fingerprint density at radius 2 is 1.00 bits per heavy atom. The molecule has 0 aliphatic carbocycles. The molecule has 3 aromatic heterocycles. The van der Waals surface area contributed by atoms with Crippen molar-refractivity contribution in [1.82, 2.24) is 4.57 Å². The average Bonchev–Trinajstić information content (AvgIpc) is 3.83. The smallest absolute Gasteiger partial charge is 0.136 e. The minimum atomic E-state index is 0.889. The molecule has 3 nitrogen and oxygen atoms in total. The Labute approximate surface area is 291 Å². The number of hydrogen-bond acceptors (Lipinski definition) is 3. The van der Waals surface area contributed by atoms with Gasteiger partial charge in [-0.25, -0.2) is 0 Å². The minimum absolute atomic E-state index is 0.889. The maximum Gasteiger partial charge on any atom is 0.136 e. The van der Waals surface area contributed by atoms with E-state index in [2.05, 4.69) is 179 Å². The third kappa shape index (κ3) is 4.09. The summed E-state index contributed by atoms with van der Waals surface area (Å²) in [5, 5.41) is 9.64. The maximum absolute atomic E-state index is 6.43. The fourth-order valence-electron chi connectivity index (χ4n) is 7.84. The van der Waals surface area contributed by atoms with Gasteiger partial charge in [0.25, 0.3) is 0 Å². The molecule has 0 aliphatic heterocycles. The van der Waals surface area contributed by atoms with Crippen molar-refractivity contribution in [3.05, 3.63) is 170 Å². The molecule has 8 aromatic carbocycles. The van der Waals surface area contributed by atoms with Crippen molar-refractivity contribution >= 4 is 103 Å². The van der Waals surface area contributed by atoms with Crippen molar-refractivity contribution in [1.29, 1.82) is 0 Å². The van der Waals surface area contributed by atoms with Gasteiger partial charge in [-0.1, -0.05) is 78.9 Å². The molecule has 0 aliphatic rings. The van der Waals surface area contributed by atoms with Crippen LogP contribution in [0.15, 0.2) is 174 Å². The summed E-state index contributed by atoms with van der Waals surface area (Å²) in [4.78, 5) is 2.40. The van der Waals surface area contributed by atoms with Crippen LogP contribution in [0.2, 0.25) is 0 Å². The van der Waals surface area contributed by atoms with E-state index in [9.17, 15) is 0 Å². The van der Waals surface area contributed by atoms with Gasteiger partial charge in [-0.05, 0) is 102 Å². The van der Waals surface area contributed by atoms with E-state index >= 15 is 0 Å². The highest BCUT2D eigenvalue weighted by Gasteiger charge is 2.20.